The number of fused-ring (bicyclic) bond motifs is 1. The van der Waals surface area contributed by atoms with Crippen molar-refractivity contribution < 1.29 is 9.47 Å². The van der Waals surface area contributed by atoms with Crippen LogP contribution < -0.4 is 20.1 Å². The van der Waals surface area contributed by atoms with Crippen LogP contribution in [-0.4, -0.2) is 24.2 Å². The Labute approximate surface area is 173 Å². The van der Waals surface area contributed by atoms with E-state index in [0.717, 1.165) is 22.4 Å². The summed E-state index contributed by atoms with van der Waals surface area (Å²) in [6.07, 6.45) is 0. The number of para-hydroxylation sites is 1. The number of anilines is 4. The summed E-state index contributed by atoms with van der Waals surface area (Å²) in [5, 5.41) is 7.59. The summed E-state index contributed by atoms with van der Waals surface area (Å²) in [4.78, 5) is 8.64. The van der Waals surface area contributed by atoms with Crippen molar-refractivity contribution in [2.24, 2.45) is 0 Å². The van der Waals surface area contributed by atoms with Gasteiger partial charge in [0.05, 0.1) is 19.7 Å². The summed E-state index contributed by atoms with van der Waals surface area (Å²) in [5.74, 6) is 1.76. The molecule has 1 heterocycles. The van der Waals surface area contributed by atoms with Gasteiger partial charge in [0.15, 0.2) is 11.5 Å². The van der Waals surface area contributed by atoms with E-state index in [9.17, 15) is 0 Å². The second-order valence-electron chi connectivity index (χ2n) is 6.26. The molecule has 4 rings (SSSR count). The van der Waals surface area contributed by atoms with Crippen molar-refractivity contribution in [3.05, 3.63) is 72.0 Å². The molecule has 0 atom stereocenters. The SMILES string of the molecule is COc1cc2nc(Cl)nc(Nc3ccc(Nc4ccccc4)cc3)c2cc1OC. The molecule has 4 aromatic rings. The Morgan fingerprint density at radius 1 is 0.724 bits per heavy atom. The number of ether oxygens (including phenoxy) is 2. The molecule has 0 fully saturated rings. The summed E-state index contributed by atoms with van der Waals surface area (Å²) in [7, 11) is 3.17. The van der Waals surface area contributed by atoms with Crippen molar-refractivity contribution in [3.8, 4) is 11.5 Å². The molecule has 0 amide bonds. The van der Waals surface area contributed by atoms with Crippen molar-refractivity contribution in [2.45, 2.75) is 0 Å². The van der Waals surface area contributed by atoms with Gasteiger partial charge < -0.3 is 20.1 Å². The minimum atomic E-state index is 0.148. The molecular weight excluding hydrogens is 388 g/mol. The number of methoxy groups -OCH3 is 2. The summed E-state index contributed by atoms with van der Waals surface area (Å²) in [6, 6.07) is 21.5. The maximum atomic E-state index is 6.13. The lowest BCUT2D eigenvalue weighted by molar-refractivity contribution is 0.356. The average molecular weight is 407 g/mol. The van der Waals surface area contributed by atoms with Gasteiger partial charge in [-0.1, -0.05) is 18.2 Å². The first-order valence-electron chi connectivity index (χ1n) is 8.94. The molecule has 146 valence electrons. The highest BCUT2D eigenvalue weighted by Crippen LogP contribution is 2.35. The topological polar surface area (TPSA) is 68.3 Å². The van der Waals surface area contributed by atoms with Gasteiger partial charge in [-0.2, -0.15) is 4.98 Å². The van der Waals surface area contributed by atoms with Crippen LogP contribution in [0.4, 0.5) is 22.9 Å². The monoisotopic (exact) mass is 406 g/mol. The highest BCUT2D eigenvalue weighted by Gasteiger charge is 2.13. The van der Waals surface area contributed by atoms with E-state index in [1.165, 1.54) is 0 Å². The van der Waals surface area contributed by atoms with E-state index in [2.05, 4.69) is 20.6 Å². The van der Waals surface area contributed by atoms with Gasteiger partial charge in [-0.15, -0.1) is 0 Å². The fourth-order valence-corrected chi connectivity index (χ4v) is 3.16. The lowest BCUT2D eigenvalue weighted by atomic mass is 10.2. The van der Waals surface area contributed by atoms with Crippen molar-refractivity contribution >= 4 is 45.4 Å². The number of nitrogens with one attached hydrogen (secondary N) is 2. The Morgan fingerprint density at radius 2 is 1.31 bits per heavy atom. The van der Waals surface area contributed by atoms with Gasteiger partial charge >= 0.3 is 0 Å². The molecular formula is C22H19ClN4O2. The number of hydrogen-bond acceptors (Lipinski definition) is 6. The fraction of sp³-hybridized carbons (Fsp3) is 0.0909. The molecule has 2 N–H and O–H groups in total. The zero-order chi connectivity index (χ0) is 20.2. The van der Waals surface area contributed by atoms with Crippen LogP contribution in [0.5, 0.6) is 11.5 Å². The third-order valence-corrected chi connectivity index (χ3v) is 4.55. The van der Waals surface area contributed by atoms with E-state index in [4.69, 9.17) is 21.1 Å². The lowest BCUT2D eigenvalue weighted by Gasteiger charge is -2.13. The van der Waals surface area contributed by atoms with E-state index < -0.39 is 0 Å². The highest BCUT2D eigenvalue weighted by atomic mass is 35.5. The van der Waals surface area contributed by atoms with Crippen LogP contribution >= 0.6 is 11.6 Å². The van der Waals surface area contributed by atoms with Crippen molar-refractivity contribution in [3.63, 3.8) is 0 Å². The van der Waals surface area contributed by atoms with Crippen LogP contribution in [0.3, 0.4) is 0 Å². The van der Waals surface area contributed by atoms with E-state index >= 15 is 0 Å². The quantitative estimate of drug-likeness (QED) is 0.395. The second-order valence-corrected chi connectivity index (χ2v) is 6.60. The molecule has 0 saturated carbocycles. The van der Waals surface area contributed by atoms with Crippen LogP contribution in [-0.2, 0) is 0 Å². The van der Waals surface area contributed by atoms with Gasteiger partial charge in [0.25, 0.3) is 0 Å². The maximum Gasteiger partial charge on any atom is 0.224 e. The lowest BCUT2D eigenvalue weighted by Crippen LogP contribution is -1.99. The van der Waals surface area contributed by atoms with Crippen LogP contribution in [0.25, 0.3) is 10.9 Å². The summed E-state index contributed by atoms with van der Waals surface area (Å²) in [5.41, 5.74) is 3.54. The van der Waals surface area contributed by atoms with Gasteiger partial charge in [-0.05, 0) is 54.1 Å². The number of rotatable bonds is 6. The van der Waals surface area contributed by atoms with Crippen LogP contribution in [0.15, 0.2) is 66.7 Å². The average Bonchev–Trinajstić information content (AvgIpc) is 2.75. The molecule has 6 nitrogen and oxygen atoms in total. The Bertz CT molecular complexity index is 1140. The Kier molecular flexibility index (Phi) is 5.35. The Hall–Kier alpha value is -3.51. The number of nitrogens with zero attached hydrogens (tertiary/aromatic N) is 2. The van der Waals surface area contributed by atoms with E-state index in [-0.39, 0.29) is 5.28 Å². The highest BCUT2D eigenvalue weighted by molar-refractivity contribution is 6.28. The first-order valence-corrected chi connectivity index (χ1v) is 9.32. The summed E-state index contributed by atoms with van der Waals surface area (Å²) >= 11 is 6.13. The normalized spacial score (nSPS) is 10.6. The number of benzene rings is 3. The molecule has 3 aromatic carbocycles. The van der Waals surface area contributed by atoms with Crippen molar-refractivity contribution in [1.29, 1.82) is 0 Å². The molecule has 1 aromatic heterocycles. The molecule has 0 aliphatic rings. The maximum absolute atomic E-state index is 6.13. The summed E-state index contributed by atoms with van der Waals surface area (Å²) in [6.45, 7) is 0. The number of hydrogen-bond donors (Lipinski definition) is 2. The molecule has 0 radical (unpaired) electrons. The number of halogens is 1. The molecule has 0 spiro atoms. The van der Waals surface area contributed by atoms with Gasteiger partial charge in [-0.25, -0.2) is 4.98 Å². The largest absolute Gasteiger partial charge is 0.493 e. The third kappa shape index (κ3) is 4.17. The van der Waals surface area contributed by atoms with Crippen LogP contribution in [0.2, 0.25) is 5.28 Å². The van der Waals surface area contributed by atoms with Crippen molar-refractivity contribution in [2.75, 3.05) is 24.9 Å². The molecule has 0 aliphatic heterocycles. The second kappa shape index (κ2) is 8.24. The standard InChI is InChI=1S/C22H19ClN4O2/c1-28-19-12-17-18(13-20(19)29-2)26-22(23)27-21(17)25-16-10-8-15(9-11-16)24-14-6-4-3-5-7-14/h3-13,24H,1-2H3,(H,25,26,27). The summed E-state index contributed by atoms with van der Waals surface area (Å²) < 4.78 is 10.8. The number of aromatic nitrogens is 2. The Morgan fingerprint density at radius 3 is 1.97 bits per heavy atom. The molecule has 7 heteroatoms. The van der Waals surface area contributed by atoms with Crippen LogP contribution in [0, 0.1) is 0 Å². The molecule has 0 bridgehead atoms. The first kappa shape index (κ1) is 18.8. The minimum absolute atomic E-state index is 0.148. The smallest absolute Gasteiger partial charge is 0.224 e. The zero-order valence-electron chi connectivity index (χ0n) is 15.9. The first-order chi connectivity index (χ1) is 14.2. The van der Waals surface area contributed by atoms with Gasteiger partial charge in [0, 0.05) is 28.5 Å². The predicted octanol–water partition coefficient (Wildman–Crippen LogP) is 5.79. The Balaban J connectivity index is 1.63. The third-order valence-electron chi connectivity index (χ3n) is 4.38. The van der Waals surface area contributed by atoms with Crippen LogP contribution in [0.1, 0.15) is 0 Å². The molecule has 0 unspecified atom stereocenters. The molecule has 0 aliphatic carbocycles. The minimum Gasteiger partial charge on any atom is -0.493 e. The van der Waals surface area contributed by atoms with Crippen molar-refractivity contribution in [1.82, 2.24) is 9.97 Å². The van der Waals surface area contributed by atoms with E-state index in [0.29, 0.717) is 22.8 Å². The van der Waals surface area contributed by atoms with E-state index in [1.54, 1.807) is 20.3 Å². The van der Waals surface area contributed by atoms with Gasteiger partial charge in [0.2, 0.25) is 5.28 Å². The fourth-order valence-electron chi connectivity index (χ4n) is 2.98. The van der Waals surface area contributed by atoms with Gasteiger partial charge in [-0.3, -0.25) is 0 Å². The van der Waals surface area contributed by atoms with E-state index in [1.807, 2.05) is 60.7 Å². The zero-order valence-corrected chi connectivity index (χ0v) is 16.7. The molecule has 0 saturated heterocycles. The predicted molar refractivity (Wildman–Crippen MR) is 117 cm³/mol. The van der Waals surface area contributed by atoms with Gasteiger partial charge in [0.1, 0.15) is 5.82 Å². The molecule has 29 heavy (non-hydrogen) atoms.